The predicted octanol–water partition coefficient (Wildman–Crippen LogP) is 6.45. The Morgan fingerprint density at radius 2 is 1.66 bits per heavy atom. The summed E-state index contributed by atoms with van der Waals surface area (Å²) in [6.45, 7) is 6.24. The lowest BCUT2D eigenvalue weighted by Crippen LogP contribution is -2.53. The number of nitrogens with zero attached hydrogens (tertiary/aromatic N) is 1. The van der Waals surface area contributed by atoms with Crippen LogP contribution in [0.1, 0.15) is 53.5 Å². The summed E-state index contributed by atoms with van der Waals surface area (Å²) in [7, 11) is 0. The summed E-state index contributed by atoms with van der Waals surface area (Å²) in [5.41, 5.74) is 5.19. The lowest BCUT2D eigenvalue weighted by molar-refractivity contribution is -0.143. The Morgan fingerprint density at radius 3 is 2.34 bits per heavy atom. The highest BCUT2D eigenvalue weighted by atomic mass is 79.9. The number of benzene rings is 3. The van der Waals surface area contributed by atoms with Crippen LogP contribution in [-0.2, 0) is 22.6 Å². The van der Waals surface area contributed by atoms with Crippen LogP contribution in [0.4, 0.5) is 0 Å². The zero-order chi connectivity index (χ0) is 27.1. The van der Waals surface area contributed by atoms with E-state index in [0.717, 1.165) is 58.0 Å². The van der Waals surface area contributed by atoms with Crippen LogP contribution >= 0.6 is 15.9 Å². The average Bonchev–Trinajstić information content (AvgIpc) is 3.42. The summed E-state index contributed by atoms with van der Waals surface area (Å²) in [5.74, 6) is 0.386. The highest BCUT2D eigenvalue weighted by molar-refractivity contribution is 9.10. The normalized spacial score (nSPS) is 14.2. The van der Waals surface area contributed by atoms with Crippen molar-refractivity contribution in [3.05, 3.63) is 99.0 Å². The molecule has 38 heavy (non-hydrogen) atoms. The lowest BCUT2D eigenvalue weighted by atomic mass is 10.0. The molecule has 5 nitrogen and oxygen atoms in total. The van der Waals surface area contributed by atoms with Crippen molar-refractivity contribution in [1.82, 2.24) is 10.2 Å². The SMILES string of the molecule is Cc1cc(C)c(C)c(OCC(=O)N(Cc2ccc(Br)cc2)[C@H](Cc2ccccc2)C(=O)NC2CCCC2)c1. The maximum Gasteiger partial charge on any atom is 0.261 e. The standard InChI is InChI=1S/C32H37BrN2O3/c1-22-17-23(2)24(3)30(18-22)38-21-31(36)35(20-26-13-15-27(33)16-14-26)29(19-25-9-5-4-6-10-25)32(37)34-28-11-7-8-12-28/h4-6,9-10,13-18,28-29H,7-8,11-12,19-21H2,1-3H3,(H,34,37)/t29-/m1/s1. The molecule has 1 N–H and O–H groups in total. The molecule has 1 saturated carbocycles. The largest absolute Gasteiger partial charge is 0.483 e. The van der Waals surface area contributed by atoms with Crippen molar-refractivity contribution in [1.29, 1.82) is 0 Å². The zero-order valence-corrected chi connectivity index (χ0v) is 24.1. The first kappa shape index (κ1) is 27.9. The molecular formula is C32H37BrN2O3. The number of rotatable bonds is 10. The Balaban J connectivity index is 1.63. The fourth-order valence-electron chi connectivity index (χ4n) is 5.08. The van der Waals surface area contributed by atoms with Gasteiger partial charge < -0.3 is 15.0 Å². The van der Waals surface area contributed by atoms with Crippen molar-refractivity contribution in [2.75, 3.05) is 6.61 Å². The van der Waals surface area contributed by atoms with Gasteiger partial charge >= 0.3 is 0 Å². The van der Waals surface area contributed by atoms with Crippen LogP contribution in [0.15, 0.2) is 71.2 Å². The topological polar surface area (TPSA) is 58.6 Å². The third-order valence-corrected chi connectivity index (χ3v) is 7.88. The van der Waals surface area contributed by atoms with Crippen LogP contribution in [0.25, 0.3) is 0 Å². The second-order valence-corrected chi connectivity index (χ2v) is 11.3. The second-order valence-electron chi connectivity index (χ2n) is 10.3. The number of hydrogen-bond acceptors (Lipinski definition) is 3. The van der Waals surface area contributed by atoms with E-state index in [1.807, 2.05) is 81.4 Å². The molecular weight excluding hydrogens is 540 g/mol. The van der Waals surface area contributed by atoms with E-state index in [4.69, 9.17) is 4.74 Å². The molecule has 6 heteroatoms. The van der Waals surface area contributed by atoms with Crippen molar-refractivity contribution in [3.8, 4) is 5.75 Å². The van der Waals surface area contributed by atoms with Crippen molar-refractivity contribution in [3.63, 3.8) is 0 Å². The molecule has 0 spiro atoms. The Morgan fingerprint density at radius 1 is 0.974 bits per heavy atom. The third kappa shape index (κ3) is 7.47. The molecule has 1 aliphatic carbocycles. The number of halogens is 1. The van der Waals surface area contributed by atoms with Gasteiger partial charge in [-0.2, -0.15) is 0 Å². The maximum absolute atomic E-state index is 13.9. The summed E-state index contributed by atoms with van der Waals surface area (Å²) in [6.07, 6.45) is 4.65. The molecule has 0 bridgehead atoms. The molecule has 200 valence electrons. The number of aryl methyl sites for hydroxylation is 2. The minimum Gasteiger partial charge on any atom is -0.483 e. The first-order valence-corrected chi connectivity index (χ1v) is 14.2. The van der Waals surface area contributed by atoms with E-state index in [1.54, 1.807) is 4.90 Å². The molecule has 3 aromatic carbocycles. The first-order chi connectivity index (χ1) is 18.3. The van der Waals surface area contributed by atoms with Gasteiger partial charge in [-0.05, 0) is 79.6 Å². The number of carbonyl (C=O) groups is 2. The first-order valence-electron chi connectivity index (χ1n) is 13.4. The quantitative estimate of drug-likeness (QED) is 0.301. The van der Waals surface area contributed by atoms with Gasteiger partial charge in [0.1, 0.15) is 11.8 Å². The molecule has 4 rings (SSSR count). The zero-order valence-electron chi connectivity index (χ0n) is 22.5. The van der Waals surface area contributed by atoms with E-state index >= 15 is 0 Å². The van der Waals surface area contributed by atoms with Gasteiger partial charge in [0.25, 0.3) is 5.91 Å². The van der Waals surface area contributed by atoms with Crippen LogP contribution < -0.4 is 10.1 Å². The second kappa shape index (κ2) is 13.1. The summed E-state index contributed by atoms with van der Waals surface area (Å²) in [4.78, 5) is 29.3. The number of amides is 2. The molecule has 1 fully saturated rings. The van der Waals surface area contributed by atoms with Crippen LogP contribution in [-0.4, -0.2) is 35.4 Å². The highest BCUT2D eigenvalue weighted by Gasteiger charge is 2.32. The van der Waals surface area contributed by atoms with Gasteiger partial charge in [-0.15, -0.1) is 0 Å². The van der Waals surface area contributed by atoms with Crippen LogP contribution in [0.2, 0.25) is 0 Å². The Bertz CT molecular complexity index is 1240. The number of ether oxygens (including phenoxy) is 1. The van der Waals surface area contributed by atoms with E-state index < -0.39 is 6.04 Å². The number of carbonyl (C=O) groups excluding carboxylic acids is 2. The van der Waals surface area contributed by atoms with Crippen LogP contribution in [0.3, 0.4) is 0 Å². The Kier molecular flexibility index (Phi) is 9.62. The molecule has 0 radical (unpaired) electrons. The van der Waals surface area contributed by atoms with E-state index in [0.29, 0.717) is 18.7 Å². The van der Waals surface area contributed by atoms with Gasteiger partial charge in [0, 0.05) is 23.5 Å². The van der Waals surface area contributed by atoms with Crippen molar-refractivity contribution in [2.45, 2.75) is 71.5 Å². The molecule has 0 heterocycles. The summed E-state index contributed by atoms with van der Waals surface area (Å²) < 4.78 is 7.05. The van der Waals surface area contributed by atoms with Gasteiger partial charge in [-0.25, -0.2) is 0 Å². The van der Waals surface area contributed by atoms with E-state index in [2.05, 4.69) is 27.3 Å². The van der Waals surface area contributed by atoms with Crippen molar-refractivity contribution < 1.29 is 14.3 Å². The van der Waals surface area contributed by atoms with Crippen molar-refractivity contribution in [2.24, 2.45) is 0 Å². The van der Waals surface area contributed by atoms with Gasteiger partial charge in [0.05, 0.1) is 0 Å². The molecule has 0 saturated heterocycles. The van der Waals surface area contributed by atoms with Gasteiger partial charge in [0.15, 0.2) is 6.61 Å². The minimum atomic E-state index is -0.655. The van der Waals surface area contributed by atoms with E-state index in [1.165, 1.54) is 0 Å². The average molecular weight is 578 g/mol. The lowest BCUT2D eigenvalue weighted by Gasteiger charge is -2.32. The minimum absolute atomic E-state index is 0.103. The third-order valence-electron chi connectivity index (χ3n) is 7.35. The Labute approximate surface area is 234 Å². The van der Waals surface area contributed by atoms with Gasteiger partial charge in [-0.3, -0.25) is 9.59 Å². The Hall–Kier alpha value is -3.12. The fraction of sp³-hybridized carbons (Fsp3) is 0.375. The van der Waals surface area contributed by atoms with Gasteiger partial charge in [0.2, 0.25) is 5.91 Å². The van der Waals surface area contributed by atoms with E-state index in [9.17, 15) is 9.59 Å². The fourth-order valence-corrected chi connectivity index (χ4v) is 5.35. The predicted molar refractivity (Wildman–Crippen MR) is 155 cm³/mol. The molecule has 0 aliphatic heterocycles. The summed E-state index contributed by atoms with van der Waals surface area (Å²) >= 11 is 3.49. The van der Waals surface area contributed by atoms with Crippen LogP contribution in [0.5, 0.6) is 5.75 Å². The molecule has 0 unspecified atom stereocenters. The molecule has 1 aliphatic rings. The van der Waals surface area contributed by atoms with E-state index in [-0.39, 0.29) is 24.5 Å². The van der Waals surface area contributed by atoms with Gasteiger partial charge in [-0.1, -0.05) is 77.3 Å². The summed E-state index contributed by atoms with van der Waals surface area (Å²) in [5, 5.41) is 3.25. The molecule has 1 atom stereocenters. The van der Waals surface area contributed by atoms with Crippen molar-refractivity contribution >= 4 is 27.7 Å². The molecule has 2 amide bonds. The molecule has 0 aromatic heterocycles. The number of nitrogens with one attached hydrogen (secondary N) is 1. The monoisotopic (exact) mass is 576 g/mol. The smallest absolute Gasteiger partial charge is 0.261 e. The maximum atomic E-state index is 13.9. The number of hydrogen-bond donors (Lipinski definition) is 1. The molecule has 3 aromatic rings. The van der Waals surface area contributed by atoms with Crippen LogP contribution in [0, 0.1) is 20.8 Å². The highest BCUT2D eigenvalue weighted by Crippen LogP contribution is 2.24. The summed E-state index contributed by atoms with van der Waals surface area (Å²) in [6, 6.07) is 21.4.